The van der Waals surface area contributed by atoms with Gasteiger partial charge in [0.05, 0.1) is 18.8 Å². The predicted octanol–water partition coefficient (Wildman–Crippen LogP) is 3.20. The Morgan fingerprint density at radius 3 is 2.69 bits per heavy atom. The highest BCUT2D eigenvalue weighted by Crippen LogP contribution is 2.36. The summed E-state index contributed by atoms with van der Waals surface area (Å²) in [7, 11) is 1.72. The Bertz CT molecular complexity index is 1220. The number of carbonyl (C=O) groups is 2. The molecule has 0 spiro atoms. The third kappa shape index (κ3) is 6.36. The van der Waals surface area contributed by atoms with E-state index in [0.29, 0.717) is 31.7 Å². The first-order chi connectivity index (χ1) is 17.2. The number of thioether (sulfide) groups is 1. The number of halogens is 2. The molecular weight excluding hydrogens is 488 g/mol. The van der Waals surface area contributed by atoms with Gasteiger partial charge in [0.2, 0.25) is 11.7 Å². The first-order valence-corrected chi connectivity index (χ1v) is 12.5. The van der Waals surface area contributed by atoms with Gasteiger partial charge < -0.3 is 15.5 Å². The van der Waals surface area contributed by atoms with Crippen LogP contribution < -0.4 is 15.5 Å². The van der Waals surface area contributed by atoms with Crippen LogP contribution in [-0.4, -0.2) is 63.4 Å². The highest BCUT2D eigenvalue weighted by atomic mass is 32.2. The number of primary amides is 1. The lowest BCUT2D eigenvalue weighted by Crippen LogP contribution is -2.43. The Labute approximate surface area is 211 Å². The third-order valence-corrected chi connectivity index (χ3v) is 6.84. The SMILES string of the molecule is CN1C(=O)CCSc2cnc(N3CCCC(F)(F)C3)cc21.NC(=O)c1ncn(Cc2ccccc2)n1. The largest absolute Gasteiger partial charge is 0.363 e. The second-order valence-corrected chi connectivity index (χ2v) is 9.69. The van der Waals surface area contributed by atoms with E-state index in [0.717, 1.165) is 21.9 Å². The van der Waals surface area contributed by atoms with E-state index in [2.05, 4.69) is 15.1 Å². The first-order valence-electron chi connectivity index (χ1n) is 11.5. The minimum Gasteiger partial charge on any atom is -0.363 e. The number of carbonyl (C=O) groups excluding carboxylic acids is 2. The van der Waals surface area contributed by atoms with Crippen LogP contribution in [0, 0.1) is 0 Å². The monoisotopic (exact) mass is 515 g/mol. The van der Waals surface area contributed by atoms with E-state index in [9.17, 15) is 18.4 Å². The van der Waals surface area contributed by atoms with E-state index in [1.54, 1.807) is 45.6 Å². The third-order valence-electron chi connectivity index (χ3n) is 5.80. The fourth-order valence-electron chi connectivity index (χ4n) is 3.93. The number of hydrogen-bond donors (Lipinski definition) is 1. The molecule has 3 aromatic rings. The maximum absolute atomic E-state index is 13.5. The molecule has 0 bridgehead atoms. The fraction of sp³-hybridized carbons (Fsp3) is 0.375. The van der Waals surface area contributed by atoms with Crippen LogP contribution in [0.25, 0.3) is 0 Å². The number of benzene rings is 1. The van der Waals surface area contributed by atoms with Crippen molar-refractivity contribution in [2.24, 2.45) is 5.73 Å². The number of nitrogens with zero attached hydrogens (tertiary/aromatic N) is 6. The van der Waals surface area contributed by atoms with Crippen LogP contribution in [0.3, 0.4) is 0 Å². The minimum absolute atomic E-state index is 0.0439. The molecule has 9 nitrogen and oxygen atoms in total. The molecule has 0 saturated carbocycles. The zero-order valence-corrected chi connectivity index (χ0v) is 20.6. The number of pyridine rings is 1. The molecule has 1 aromatic carbocycles. The lowest BCUT2D eigenvalue weighted by molar-refractivity contribution is -0.117. The van der Waals surface area contributed by atoms with Crippen molar-refractivity contribution in [3.63, 3.8) is 0 Å². The van der Waals surface area contributed by atoms with Gasteiger partial charge in [-0.15, -0.1) is 16.9 Å². The molecule has 0 aliphatic carbocycles. The predicted molar refractivity (Wildman–Crippen MR) is 133 cm³/mol. The van der Waals surface area contributed by atoms with Crippen molar-refractivity contribution >= 4 is 35.1 Å². The van der Waals surface area contributed by atoms with Crippen LogP contribution in [0.4, 0.5) is 20.3 Å². The molecule has 1 fully saturated rings. The van der Waals surface area contributed by atoms with Gasteiger partial charge in [0.25, 0.3) is 11.8 Å². The molecule has 4 heterocycles. The Balaban J connectivity index is 0.000000179. The summed E-state index contributed by atoms with van der Waals surface area (Å²) in [5, 5.41) is 3.94. The molecule has 2 amide bonds. The number of alkyl halides is 2. The zero-order valence-electron chi connectivity index (χ0n) is 19.8. The zero-order chi connectivity index (χ0) is 25.7. The second kappa shape index (κ2) is 11.0. The average molecular weight is 516 g/mol. The lowest BCUT2D eigenvalue weighted by Gasteiger charge is -2.33. The summed E-state index contributed by atoms with van der Waals surface area (Å²) >= 11 is 1.58. The number of aromatic nitrogens is 4. The van der Waals surface area contributed by atoms with Gasteiger partial charge in [0.1, 0.15) is 12.1 Å². The van der Waals surface area contributed by atoms with Crippen molar-refractivity contribution in [3.8, 4) is 0 Å². The molecule has 1 saturated heterocycles. The van der Waals surface area contributed by atoms with Gasteiger partial charge >= 0.3 is 0 Å². The van der Waals surface area contributed by atoms with E-state index in [4.69, 9.17) is 5.73 Å². The van der Waals surface area contributed by atoms with Crippen molar-refractivity contribution < 1.29 is 18.4 Å². The summed E-state index contributed by atoms with van der Waals surface area (Å²) in [4.78, 5) is 34.9. The van der Waals surface area contributed by atoms with Crippen LogP contribution in [0.15, 0.2) is 53.8 Å². The normalized spacial score (nSPS) is 17.0. The molecule has 0 unspecified atom stereocenters. The smallest absolute Gasteiger partial charge is 0.288 e. The minimum atomic E-state index is -2.66. The van der Waals surface area contributed by atoms with Gasteiger partial charge in [0.15, 0.2) is 0 Å². The van der Waals surface area contributed by atoms with Gasteiger partial charge in [-0.05, 0) is 12.0 Å². The van der Waals surface area contributed by atoms with E-state index < -0.39 is 11.8 Å². The van der Waals surface area contributed by atoms with Gasteiger partial charge in [-0.25, -0.2) is 23.4 Å². The number of nitrogens with two attached hydrogens (primary N) is 1. The molecule has 2 aliphatic rings. The summed E-state index contributed by atoms with van der Waals surface area (Å²) in [6.07, 6.45) is 4.05. The summed E-state index contributed by atoms with van der Waals surface area (Å²) in [6, 6.07) is 11.5. The molecule has 12 heteroatoms. The van der Waals surface area contributed by atoms with E-state index in [-0.39, 0.29) is 24.7 Å². The lowest BCUT2D eigenvalue weighted by atomic mass is 10.1. The second-order valence-electron chi connectivity index (χ2n) is 8.56. The van der Waals surface area contributed by atoms with Crippen LogP contribution in [0.5, 0.6) is 0 Å². The van der Waals surface area contributed by atoms with Crippen LogP contribution in [-0.2, 0) is 11.3 Å². The van der Waals surface area contributed by atoms with Gasteiger partial charge in [-0.3, -0.25) is 9.59 Å². The molecule has 2 aromatic heterocycles. The maximum atomic E-state index is 13.5. The van der Waals surface area contributed by atoms with Crippen LogP contribution in [0.2, 0.25) is 0 Å². The van der Waals surface area contributed by atoms with Crippen LogP contribution >= 0.6 is 11.8 Å². The highest BCUT2D eigenvalue weighted by Gasteiger charge is 2.36. The van der Waals surface area contributed by atoms with Crippen molar-refractivity contribution in [1.29, 1.82) is 0 Å². The molecule has 36 heavy (non-hydrogen) atoms. The summed E-state index contributed by atoms with van der Waals surface area (Å²) in [5.74, 6) is -1.94. The molecule has 0 radical (unpaired) electrons. The van der Waals surface area contributed by atoms with Crippen molar-refractivity contribution in [1.82, 2.24) is 19.7 Å². The molecule has 2 N–H and O–H groups in total. The number of amides is 2. The number of fused-ring (bicyclic) bond motifs is 1. The van der Waals surface area contributed by atoms with Crippen LogP contribution in [0.1, 0.15) is 35.4 Å². The van der Waals surface area contributed by atoms with Gasteiger partial charge in [-0.1, -0.05) is 30.3 Å². The highest BCUT2D eigenvalue weighted by molar-refractivity contribution is 7.99. The number of anilines is 2. The molecular formula is C24H27F2N7O2S. The van der Waals surface area contributed by atoms with Crippen molar-refractivity contribution in [3.05, 3.63) is 60.3 Å². The Hall–Kier alpha value is -3.54. The first kappa shape index (κ1) is 25.5. The number of rotatable bonds is 4. The van der Waals surface area contributed by atoms with E-state index in [1.807, 2.05) is 30.3 Å². The van der Waals surface area contributed by atoms with E-state index >= 15 is 0 Å². The van der Waals surface area contributed by atoms with Crippen molar-refractivity contribution in [2.45, 2.75) is 36.6 Å². The molecule has 0 atom stereocenters. The van der Waals surface area contributed by atoms with E-state index in [1.165, 1.54) is 6.33 Å². The summed E-state index contributed by atoms with van der Waals surface area (Å²) in [5.41, 5.74) is 6.90. The molecule has 190 valence electrons. The fourth-order valence-corrected chi connectivity index (χ4v) is 4.90. The summed E-state index contributed by atoms with van der Waals surface area (Å²) in [6.45, 7) is 0.858. The quantitative estimate of drug-likeness (QED) is 0.568. The average Bonchev–Trinajstić information content (AvgIpc) is 3.27. The molecule has 5 rings (SSSR count). The van der Waals surface area contributed by atoms with Crippen molar-refractivity contribution in [2.75, 3.05) is 35.7 Å². The number of piperidine rings is 1. The Morgan fingerprint density at radius 2 is 2.00 bits per heavy atom. The van der Waals surface area contributed by atoms with Gasteiger partial charge in [-0.2, -0.15) is 0 Å². The summed E-state index contributed by atoms with van der Waals surface area (Å²) < 4.78 is 28.7. The molecule has 2 aliphatic heterocycles. The number of hydrogen-bond acceptors (Lipinski definition) is 7. The van der Waals surface area contributed by atoms with Gasteiger partial charge in [0, 0.05) is 49.3 Å². The Morgan fingerprint density at radius 1 is 1.22 bits per heavy atom. The standard InChI is InChI=1S/C14H17F2N3OS.C10H10N4O/c1-18-10-7-12(19-5-2-4-14(15,16)9-19)17-8-11(10)21-6-3-13(18)20;11-9(15)10-12-7-14(13-10)6-8-4-2-1-3-5-8/h7-8H,2-6,9H2,1H3;1-5,7H,6H2,(H2,11,15). The Kier molecular flexibility index (Phi) is 7.82. The maximum Gasteiger partial charge on any atom is 0.288 e. The topological polar surface area (TPSA) is 110 Å².